The molecule has 0 atom stereocenters. The summed E-state index contributed by atoms with van der Waals surface area (Å²) in [6.45, 7) is 0. The smallest absolute Gasteiger partial charge is 0.178 e. The maximum Gasteiger partial charge on any atom is 0.178 e. The molecule has 0 amide bonds. The molecule has 38 heavy (non-hydrogen) atoms. The summed E-state index contributed by atoms with van der Waals surface area (Å²) >= 11 is 0. The van der Waals surface area contributed by atoms with Crippen LogP contribution in [0.2, 0.25) is 0 Å². The number of nitrogens with one attached hydrogen (secondary N) is 2. The van der Waals surface area contributed by atoms with Gasteiger partial charge in [-0.2, -0.15) is 0 Å². The van der Waals surface area contributed by atoms with E-state index in [9.17, 15) is 4.79 Å². The zero-order valence-electron chi connectivity index (χ0n) is 20.4. The van der Waals surface area contributed by atoms with E-state index in [-0.39, 0.29) is 5.78 Å². The van der Waals surface area contributed by atoms with E-state index in [1.165, 1.54) is 0 Å². The van der Waals surface area contributed by atoms with Crippen molar-refractivity contribution in [2.75, 3.05) is 0 Å². The molecule has 5 heteroatoms. The van der Waals surface area contributed by atoms with Gasteiger partial charge in [-0.25, -0.2) is 0 Å². The van der Waals surface area contributed by atoms with Crippen LogP contribution < -0.4 is 20.1 Å². The highest BCUT2D eigenvalue weighted by atomic mass is 16.5. The monoisotopic (exact) mass is 496 g/mol. The average Bonchev–Trinajstić information content (AvgIpc) is 3.41. The fourth-order valence-electron chi connectivity index (χ4n) is 4.23. The van der Waals surface area contributed by atoms with Gasteiger partial charge >= 0.3 is 0 Å². The highest BCUT2D eigenvalue weighted by Gasteiger charge is 2.23. The van der Waals surface area contributed by atoms with Gasteiger partial charge in [0, 0.05) is 16.7 Å². The van der Waals surface area contributed by atoms with Gasteiger partial charge in [-0.05, 0) is 97.1 Å². The minimum Gasteiger partial charge on any atom is -0.457 e. The fraction of sp³-hybridized carbons (Fsp3) is 0. The van der Waals surface area contributed by atoms with Crippen molar-refractivity contribution >= 4 is 17.2 Å². The SMILES string of the molecule is O=C1C=CC(=C2NC(c3ccc(Oc4ccccc4)cc3)=C(c3ccc(Oc4ccccc4)cc3)N2)C=C1. The Balaban J connectivity index is 1.31. The number of ether oxygens (including phenoxy) is 2. The van der Waals surface area contributed by atoms with E-state index in [1.807, 2.05) is 121 Å². The minimum atomic E-state index is -0.0243. The lowest BCUT2D eigenvalue weighted by Gasteiger charge is -2.10. The van der Waals surface area contributed by atoms with Crippen LogP contribution in [0.5, 0.6) is 23.0 Å². The molecule has 0 radical (unpaired) electrons. The molecule has 0 unspecified atom stereocenters. The minimum absolute atomic E-state index is 0.0243. The summed E-state index contributed by atoms with van der Waals surface area (Å²) < 4.78 is 11.9. The molecule has 1 aliphatic carbocycles. The summed E-state index contributed by atoms with van der Waals surface area (Å²) in [5.41, 5.74) is 4.73. The van der Waals surface area contributed by atoms with Crippen molar-refractivity contribution in [3.05, 3.63) is 156 Å². The second-order valence-corrected chi connectivity index (χ2v) is 8.78. The Kier molecular flexibility index (Phi) is 6.31. The molecule has 2 aliphatic rings. The second-order valence-electron chi connectivity index (χ2n) is 8.78. The van der Waals surface area contributed by atoms with Crippen LogP contribution in [0.15, 0.2) is 145 Å². The van der Waals surface area contributed by atoms with Gasteiger partial charge in [-0.1, -0.05) is 36.4 Å². The van der Waals surface area contributed by atoms with Gasteiger partial charge in [-0.3, -0.25) is 4.79 Å². The predicted octanol–water partition coefficient (Wildman–Crippen LogP) is 7.20. The van der Waals surface area contributed by atoms with E-state index >= 15 is 0 Å². The van der Waals surface area contributed by atoms with E-state index < -0.39 is 0 Å². The molecule has 4 aromatic rings. The third kappa shape index (κ3) is 5.13. The molecule has 2 N–H and O–H groups in total. The molecule has 0 saturated carbocycles. The lowest BCUT2D eigenvalue weighted by molar-refractivity contribution is -0.110. The van der Waals surface area contributed by atoms with Gasteiger partial charge in [0.2, 0.25) is 0 Å². The van der Waals surface area contributed by atoms with Crippen molar-refractivity contribution in [1.29, 1.82) is 0 Å². The molecule has 1 heterocycles. The van der Waals surface area contributed by atoms with Gasteiger partial charge in [0.15, 0.2) is 5.78 Å². The first-order chi connectivity index (χ1) is 18.7. The van der Waals surface area contributed by atoms with Crippen LogP contribution in [0.3, 0.4) is 0 Å². The first-order valence-electron chi connectivity index (χ1n) is 12.3. The van der Waals surface area contributed by atoms with Crippen molar-refractivity contribution in [3.8, 4) is 23.0 Å². The summed E-state index contributed by atoms with van der Waals surface area (Å²) in [4.78, 5) is 11.6. The molecule has 0 fully saturated rings. The molecular weight excluding hydrogens is 472 g/mol. The Morgan fingerprint density at radius 1 is 0.447 bits per heavy atom. The van der Waals surface area contributed by atoms with Crippen LogP contribution in [-0.4, -0.2) is 5.78 Å². The average molecular weight is 497 g/mol. The van der Waals surface area contributed by atoms with Crippen molar-refractivity contribution in [3.63, 3.8) is 0 Å². The molecule has 0 bridgehead atoms. The van der Waals surface area contributed by atoms with Crippen molar-refractivity contribution in [2.24, 2.45) is 0 Å². The standard InChI is InChI=1S/C33H24N2O3/c36-26-17-11-25(12-18-26)33-34-31(23-13-19-29(20-14-23)37-27-7-3-1-4-8-27)32(35-33)24-15-21-30(22-16-24)38-28-9-5-2-6-10-28/h1-22,34-35H. The molecule has 6 rings (SSSR count). The van der Waals surface area contributed by atoms with Crippen molar-refractivity contribution in [1.82, 2.24) is 10.6 Å². The highest BCUT2D eigenvalue weighted by molar-refractivity contribution is 6.01. The summed E-state index contributed by atoms with van der Waals surface area (Å²) in [7, 11) is 0. The molecule has 5 nitrogen and oxygen atoms in total. The third-order valence-electron chi connectivity index (χ3n) is 6.14. The molecular formula is C33H24N2O3. The lowest BCUT2D eigenvalue weighted by Crippen LogP contribution is -2.16. The lowest BCUT2D eigenvalue weighted by atomic mass is 10.1. The van der Waals surface area contributed by atoms with Crippen LogP contribution >= 0.6 is 0 Å². The number of rotatable bonds is 6. The zero-order valence-corrected chi connectivity index (χ0v) is 20.4. The normalized spacial score (nSPS) is 14.4. The fourth-order valence-corrected chi connectivity index (χ4v) is 4.23. The third-order valence-corrected chi connectivity index (χ3v) is 6.14. The first kappa shape index (κ1) is 23.1. The van der Waals surface area contributed by atoms with E-state index in [2.05, 4.69) is 10.6 Å². The summed E-state index contributed by atoms with van der Waals surface area (Å²) in [5, 5.41) is 7.05. The van der Waals surface area contributed by atoms with Crippen LogP contribution in [-0.2, 0) is 4.79 Å². The Hall–Kier alpha value is -5.29. The zero-order chi connectivity index (χ0) is 25.7. The van der Waals surface area contributed by atoms with Crippen LogP contribution in [0.1, 0.15) is 11.1 Å². The molecule has 0 saturated heterocycles. The molecule has 1 aliphatic heterocycles. The Bertz CT molecular complexity index is 1470. The number of carbonyl (C=O) groups excluding carboxylic acids is 1. The Morgan fingerprint density at radius 3 is 1.26 bits per heavy atom. The number of para-hydroxylation sites is 2. The molecule has 184 valence electrons. The highest BCUT2D eigenvalue weighted by Crippen LogP contribution is 2.33. The largest absolute Gasteiger partial charge is 0.457 e. The van der Waals surface area contributed by atoms with Crippen LogP contribution in [0.25, 0.3) is 11.4 Å². The van der Waals surface area contributed by atoms with Crippen molar-refractivity contribution < 1.29 is 14.3 Å². The van der Waals surface area contributed by atoms with Crippen LogP contribution in [0, 0.1) is 0 Å². The van der Waals surface area contributed by atoms with Crippen LogP contribution in [0.4, 0.5) is 0 Å². The van der Waals surface area contributed by atoms with E-state index in [1.54, 1.807) is 12.2 Å². The maximum atomic E-state index is 11.6. The topological polar surface area (TPSA) is 59.6 Å². The number of hydrogen-bond acceptors (Lipinski definition) is 5. The van der Waals surface area contributed by atoms with E-state index in [4.69, 9.17) is 9.47 Å². The van der Waals surface area contributed by atoms with Gasteiger partial charge < -0.3 is 20.1 Å². The quantitative estimate of drug-likeness (QED) is 0.296. The van der Waals surface area contributed by atoms with E-state index in [0.29, 0.717) is 0 Å². The van der Waals surface area contributed by atoms with Gasteiger partial charge in [0.25, 0.3) is 0 Å². The summed E-state index contributed by atoms with van der Waals surface area (Å²) in [5.74, 6) is 3.87. The Labute approximate surface area is 221 Å². The Morgan fingerprint density at radius 2 is 0.842 bits per heavy atom. The second kappa shape index (κ2) is 10.4. The van der Waals surface area contributed by atoms with Crippen molar-refractivity contribution in [2.45, 2.75) is 0 Å². The summed E-state index contributed by atoms with van der Waals surface area (Å²) in [6, 6.07) is 35.3. The maximum absolute atomic E-state index is 11.6. The predicted molar refractivity (Wildman–Crippen MR) is 149 cm³/mol. The number of allylic oxidation sites excluding steroid dienone is 5. The number of hydrogen-bond donors (Lipinski definition) is 2. The van der Waals surface area contributed by atoms with Gasteiger partial charge in [-0.15, -0.1) is 0 Å². The summed E-state index contributed by atoms with van der Waals surface area (Å²) in [6.07, 6.45) is 6.75. The number of benzene rings is 4. The molecule has 0 spiro atoms. The first-order valence-corrected chi connectivity index (χ1v) is 12.3. The number of ketones is 1. The van der Waals surface area contributed by atoms with Gasteiger partial charge in [0.05, 0.1) is 11.4 Å². The molecule has 4 aromatic carbocycles. The van der Waals surface area contributed by atoms with E-state index in [0.717, 1.165) is 56.9 Å². The van der Waals surface area contributed by atoms with Gasteiger partial charge in [0.1, 0.15) is 28.8 Å². The molecule has 0 aromatic heterocycles. The number of carbonyl (C=O) groups is 1.